The van der Waals surface area contributed by atoms with E-state index in [-0.39, 0.29) is 23.2 Å². The van der Waals surface area contributed by atoms with Crippen molar-refractivity contribution >= 4 is 21.6 Å². The lowest BCUT2D eigenvalue weighted by Gasteiger charge is -2.17. The highest BCUT2D eigenvalue weighted by atomic mass is 79.9. The number of nitro benzene ring substituents is 1. The SMILES string of the molecule is N#Cc1ccc(C(O)C(O)CCBr)c([N+](=O)[O-])c1. The molecule has 2 atom stereocenters. The number of halogens is 1. The van der Waals surface area contributed by atoms with Gasteiger partial charge in [0, 0.05) is 11.4 Å². The van der Waals surface area contributed by atoms with Crippen molar-refractivity contribution in [3.8, 4) is 6.07 Å². The molecular formula is C11H11BrN2O4. The predicted molar refractivity (Wildman–Crippen MR) is 67.2 cm³/mol. The first-order valence-corrected chi connectivity index (χ1v) is 6.24. The molecule has 7 heteroatoms. The van der Waals surface area contributed by atoms with Crippen LogP contribution in [0.1, 0.15) is 23.7 Å². The molecule has 96 valence electrons. The zero-order valence-corrected chi connectivity index (χ0v) is 10.9. The van der Waals surface area contributed by atoms with Crippen molar-refractivity contribution in [3.05, 3.63) is 39.4 Å². The van der Waals surface area contributed by atoms with Gasteiger partial charge >= 0.3 is 0 Å². The number of hydrogen-bond donors (Lipinski definition) is 2. The van der Waals surface area contributed by atoms with Gasteiger partial charge in [-0.3, -0.25) is 10.1 Å². The molecule has 6 nitrogen and oxygen atoms in total. The van der Waals surface area contributed by atoms with Gasteiger partial charge < -0.3 is 10.2 Å². The van der Waals surface area contributed by atoms with Crippen molar-refractivity contribution < 1.29 is 15.1 Å². The number of alkyl halides is 1. The van der Waals surface area contributed by atoms with Gasteiger partial charge in [-0.05, 0) is 18.6 Å². The number of aliphatic hydroxyl groups is 2. The molecule has 1 aromatic rings. The van der Waals surface area contributed by atoms with Crippen LogP contribution in [0.15, 0.2) is 18.2 Å². The van der Waals surface area contributed by atoms with Crippen LogP contribution >= 0.6 is 15.9 Å². The quantitative estimate of drug-likeness (QED) is 0.488. The second kappa shape index (κ2) is 6.44. The molecule has 0 bridgehead atoms. The van der Waals surface area contributed by atoms with Crippen LogP contribution in [0.3, 0.4) is 0 Å². The summed E-state index contributed by atoms with van der Waals surface area (Å²) in [5.74, 6) is 0. The standard InChI is InChI=1S/C11H11BrN2O4/c12-4-3-10(15)11(16)8-2-1-7(6-13)5-9(8)14(17)18/h1-2,5,10-11,15-16H,3-4H2. The predicted octanol–water partition coefficient (Wildman–Crippen LogP) is 1.65. The van der Waals surface area contributed by atoms with Crippen molar-refractivity contribution in [1.29, 1.82) is 5.26 Å². The van der Waals surface area contributed by atoms with Gasteiger partial charge in [0.1, 0.15) is 6.10 Å². The number of rotatable bonds is 5. The summed E-state index contributed by atoms with van der Waals surface area (Å²) in [7, 11) is 0. The Balaban J connectivity index is 3.16. The third-order valence-corrected chi connectivity index (χ3v) is 2.90. The van der Waals surface area contributed by atoms with Crippen molar-refractivity contribution in [2.45, 2.75) is 18.6 Å². The van der Waals surface area contributed by atoms with Crippen LogP contribution in [0.25, 0.3) is 0 Å². The molecule has 0 aromatic heterocycles. The molecule has 18 heavy (non-hydrogen) atoms. The first kappa shape index (κ1) is 14.6. The van der Waals surface area contributed by atoms with Gasteiger partial charge in [-0.25, -0.2) is 0 Å². The average molecular weight is 315 g/mol. The van der Waals surface area contributed by atoms with Crippen molar-refractivity contribution in [1.82, 2.24) is 0 Å². The Morgan fingerprint density at radius 2 is 2.17 bits per heavy atom. The minimum absolute atomic E-state index is 0.00690. The lowest BCUT2D eigenvalue weighted by Crippen LogP contribution is -2.19. The molecule has 1 aromatic carbocycles. The topological polar surface area (TPSA) is 107 Å². The van der Waals surface area contributed by atoms with Gasteiger partial charge in [0.15, 0.2) is 0 Å². The third-order valence-electron chi connectivity index (χ3n) is 2.44. The minimum atomic E-state index is -1.35. The van der Waals surface area contributed by atoms with Crippen molar-refractivity contribution in [2.75, 3.05) is 5.33 Å². The highest BCUT2D eigenvalue weighted by Crippen LogP contribution is 2.29. The molecule has 0 radical (unpaired) electrons. The van der Waals surface area contributed by atoms with E-state index in [1.165, 1.54) is 12.1 Å². The fourth-order valence-corrected chi connectivity index (χ4v) is 1.97. The van der Waals surface area contributed by atoms with Gasteiger partial charge in [0.2, 0.25) is 0 Å². The molecule has 0 aliphatic rings. The summed E-state index contributed by atoms with van der Waals surface area (Å²) in [6.45, 7) is 0. The Hall–Kier alpha value is -1.49. The summed E-state index contributed by atoms with van der Waals surface area (Å²) in [5.41, 5.74) is -0.227. The van der Waals surface area contributed by atoms with E-state index in [1.807, 2.05) is 0 Å². The van der Waals surface area contributed by atoms with Gasteiger partial charge in [0.05, 0.1) is 28.2 Å². The van der Waals surface area contributed by atoms with Crippen LogP contribution in [-0.4, -0.2) is 26.6 Å². The zero-order valence-electron chi connectivity index (χ0n) is 9.28. The Labute approximate surface area is 112 Å². The number of aliphatic hydroxyl groups excluding tert-OH is 2. The van der Waals surface area contributed by atoms with Crippen molar-refractivity contribution in [2.24, 2.45) is 0 Å². The van der Waals surface area contributed by atoms with E-state index in [2.05, 4.69) is 15.9 Å². The van der Waals surface area contributed by atoms with Crippen LogP contribution in [0, 0.1) is 21.4 Å². The molecule has 1 rings (SSSR count). The molecule has 0 heterocycles. The summed E-state index contributed by atoms with van der Waals surface area (Å²) >= 11 is 3.11. The Kier molecular flexibility index (Phi) is 5.22. The first-order valence-electron chi connectivity index (χ1n) is 5.11. The van der Waals surface area contributed by atoms with Crippen LogP contribution in [0.5, 0.6) is 0 Å². The summed E-state index contributed by atoms with van der Waals surface area (Å²) < 4.78 is 0. The molecule has 0 aliphatic heterocycles. The van der Waals surface area contributed by atoms with Crippen LogP contribution in [-0.2, 0) is 0 Å². The lowest BCUT2D eigenvalue weighted by atomic mass is 9.99. The third kappa shape index (κ3) is 3.26. The van der Waals surface area contributed by atoms with Gasteiger partial charge in [-0.1, -0.05) is 15.9 Å². The van der Waals surface area contributed by atoms with E-state index < -0.39 is 17.1 Å². The number of hydrogen-bond acceptors (Lipinski definition) is 5. The summed E-state index contributed by atoms with van der Waals surface area (Å²) in [4.78, 5) is 10.2. The average Bonchev–Trinajstić information content (AvgIpc) is 2.37. The highest BCUT2D eigenvalue weighted by Gasteiger charge is 2.26. The van der Waals surface area contributed by atoms with Gasteiger partial charge in [0.25, 0.3) is 5.69 Å². The number of benzene rings is 1. The molecule has 0 aliphatic carbocycles. The molecule has 0 fully saturated rings. The van der Waals surface area contributed by atoms with Crippen molar-refractivity contribution in [3.63, 3.8) is 0 Å². The largest absolute Gasteiger partial charge is 0.390 e. The Morgan fingerprint density at radius 1 is 1.50 bits per heavy atom. The maximum absolute atomic E-state index is 10.9. The summed E-state index contributed by atoms with van der Waals surface area (Å²) in [5, 5.41) is 39.5. The molecule has 0 saturated heterocycles. The number of nitriles is 1. The fourth-order valence-electron chi connectivity index (χ4n) is 1.50. The molecule has 2 unspecified atom stereocenters. The highest BCUT2D eigenvalue weighted by molar-refractivity contribution is 9.09. The number of nitro groups is 1. The van der Waals surface area contributed by atoms with E-state index in [9.17, 15) is 20.3 Å². The van der Waals surface area contributed by atoms with Crippen LogP contribution in [0.2, 0.25) is 0 Å². The number of nitrogens with zero attached hydrogens (tertiary/aromatic N) is 2. The van der Waals surface area contributed by atoms with Gasteiger partial charge in [-0.15, -0.1) is 0 Å². The van der Waals surface area contributed by atoms with Crippen LogP contribution < -0.4 is 0 Å². The smallest absolute Gasteiger partial charge is 0.276 e. The molecule has 0 spiro atoms. The minimum Gasteiger partial charge on any atom is -0.390 e. The van der Waals surface area contributed by atoms with E-state index in [1.54, 1.807) is 6.07 Å². The molecule has 2 N–H and O–H groups in total. The second-order valence-corrected chi connectivity index (χ2v) is 4.43. The molecule has 0 saturated carbocycles. The van der Waals surface area contributed by atoms with E-state index in [0.29, 0.717) is 5.33 Å². The summed E-state index contributed by atoms with van der Waals surface area (Å²) in [6, 6.07) is 5.53. The zero-order chi connectivity index (χ0) is 13.7. The maximum Gasteiger partial charge on any atom is 0.276 e. The summed E-state index contributed by atoms with van der Waals surface area (Å²) in [6.07, 6.45) is -2.19. The Bertz CT molecular complexity index is 486. The Morgan fingerprint density at radius 3 is 2.67 bits per heavy atom. The monoisotopic (exact) mass is 314 g/mol. The van der Waals surface area contributed by atoms with E-state index in [4.69, 9.17) is 5.26 Å². The van der Waals surface area contributed by atoms with E-state index >= 15 is 0 Å². The van der Waals surface area contributed by atoms with Gasteiger partial charge in [-0.2, -0.15) is 5.26 Å². The van der Waals surface area contributed by atoms with E-state index in [0.717, 1.165) is 6.07 Å². The lowest BCUT2D eigenvalue weighted by molar-refractivity contribution is -0.386. The molecular weight excluding hydrogens is 304 g/mol. The first-order chi connectivity index (χ1) is 8.51. The molecule has 0 amide bonds. The normalized spacial score (nSPS) is 13.7. The maximum atomic E-state index is 10.9. The fraction of sp³-hybridized carbons (Fsp3) is 0.364. The second-order valence-electron chi connectivity index (χ2n) is 3.63. The van der Waals surface area contributed by atoms with Crippen LogP contribution in [0.4, 0.5) is 5.69 Å².